The fourth-order valence-corrected chi connectivity index (χ4v) is 3.69. The van der Waals surface area contributed by atoms with Crippen molar-refractivity contribution in [3.63, 3.8) is 0 Å². The minimum Gasteiger partial charge on any atom is -0.354 e. The van der Waals surface area contributed by atoms with Gasteiger partial charge in [-0.2, -0.15) is 13.2 Å². The molecule has 1 unspecified atom stereocenters. The second-order valence-electron chi connectivity index (χ2n) is 5.17. The molecular weight excluding hydrogens is 331 g/mol. The summed E-state index contributed by atoms with van der Waals surface area (Å²) >= 11 is 0.874. The molecule has 2 saturated heterocycles. The Bertz CT molecular complexity index is 705. The van der Waals surface area contributed by atoms with Crippen LogP contribution in [-0.4, -0.2) is 28.3 Å². The quantitative estimate of drug-likeness (QED) is 0.768. The van der Waals surface area contributed by atoms with Crippen LogP contribution in [0.4, 0.5) is 18.9 Å². The van der Waals surface area contributed by atoms with Crippen molar-refractivity contribution in [2.75, 3.05) is 6.54 Å². The predicted octanol–water partition coefficient (Wildman–Crippen LogP) is 2.20. The van der Waals surface area contributed by atoms with E-state index in [0.717, 1.165) is 17.8 Å². The fourth-order valence-electron chi connectivity index (χ4n) is 2.52. The topological polar surface area (TPSA) is 70.6 Å². The summed E-state index contributed by atoms with van der Waals surface area (Å²) in [6.07, 6.45) is -3.60. The van der Waals surface area contributed by atoms with Gasteiger partial charge in [0.2, 0.25) is 5.91 Å². The van der Waals surface area contributed by atoms with Crippen molar-refractivity contribution in [3.8, 4) is 0 Å². The van der Waals surface area contributed by atoms with E-state index in [2.05, 4.69) is 15.6 Å². The number of para-hydroxylation sites is 1. The molecule has 1 spiro atoms. The molecule has 3 rings (SSSR count). The van der Waals surface area contributed by atoms with Crippen molar-refractivity contribution in [3.05, 3.63) is 29.8 Å². The number of nitrogens with one attached hydrogen (secondary N) is 2. The summed E-state index contributed by atoms with van der Waals surface area (Å²) in [5.74, 6) is -0.969. The first kappa shape index (κ1) is 15.9. The van der Waals surface area contributed by atoms with Gasteiger partial charge in [0.15, 0.2) is 9.91 Å². The van der Waals surface area contributed by atoms with Crippen LogP contribution >= 0.6 is 11.8 Å². The van der Waals surface area contributed by atoms with Crippen LogP contribution in [0.25, 0.3) is 0 Å². The largest absolute Gasteiger partial charge is 0.418 e. The maximum Gasteiger partial charge on any atom is 0.418 e. The number of alkyl halides is 3. The van der Waals surface area contributed by atoms with E-state index in [0.29, 0.717) is 19.4 Å². The van der Waals surface area contributed by atoms with Crippen LogP contribution in [0.3, 0.4) is 0 Å². The third kappa shape index (κ3) is 2.80. The third-order valence-corrected chi connectivity index (χ3v) is 4.96. The van der Waals surface area contributed by atoms with Crippen molar-refractivity contribution in [2.24, 2.45) is 4.99 Å². The highest BCUT2D eigenvalue weighted by molar-refractivity contribution is 8.17. The third-order valence-electron chi connectivity index (χ3n) is 3.65. The van der Waals surface area contributed by atoms with Crippen molar-refractivity contribution in [1.29, 1.82) is 0 Å². The normalized spacial score (nSPS) is 26.5. The van der Waals surface area contributed by atoms with Crippen LogP contribution < -0.4 is 10.6 Å². The van der Waals surface area contributed by atoms with Crippen molar-refractivity contribution >= 4 is 34.4 Å². The Balaban J connectivity index is 1.94. The molecule has 0 radical (unpaired) electrons. The van der Waals surface area contributed by atoms with Gasteiger partial charge in [-0.3, -0.25) is 9.59 Å². The first-order chi connectivity index (χ1) is 10.8. The first-order valence-electron chi connectivity index (χ1n) is 6.87. The highest BCUT2D eigenvalue weighted by atomic mass is 32.2. The molecule has 2 N–H and O–H groups in total. The molecule has 0 aromatic heterocycles. The van der Waals surface area contributed by atoms with Gasteiger partial charge in [-0.15, -0.1) is 0 Å². The highest BCUT2D eigenvalue weighted by Crippen LogP contribution is 2.41. The summed E-state index contributed by atoms with van der Waals surface area (Å²) < 4.78 is 37.6. The van der Waals surface area contributed by atoms with Crippen molar-refractivity contribution in [2.45, 2.75) is 23.8 Å². The fraction of sp³-hybridized carbons (Fsp3) is 0.357. The Hall–Kier alpha value is -2.03. The molecule has 9 heteroatoms. The summed E-state index contributed by atoms with van der Waals surface area (Å²) in [5.41, 5.74) is -1.19. The molecule has 122 valence electrons. The second-order valence-corrected chi connectivity index (χ2v) is 6.46. The van der Waals surface area contributed by atoms with E-state index in [4.69, 9.17) is 0 Å². The average molecular weight is 343 g/mol. The minimum atomic E-state index is -4.55. The summed E-state index contributed by atoms with van der Waals surface area (Å²) in [6, 6.07) is 4.83. The maximum atomic E-state index is 13.0. The second kappa shape index (κ2) is 5.55. The Morgan fingerprint density at radius 1 is 1.17 bits per heavy atom. The number of piperidine rings is 1. The number of amides is 2. The lowest BCUT2D eigenvalue weighted by Gasteiger charge is -2.27. The van der Waals surface area contributed by atoms with Crippen LogP contribution in [0.15, 0.2) is 29.3 Å². The van der Waals surface area contributed by atoms with Gasteiger partial charge in [-0.1, -0.05) is 23.9 Å². The SMILES string of the molecule is O=C1NCCCC12SC(=Nc1ccccc1C(F)(F)F)NC2=O. The van der Waals surface area contributed by atoms with E-state index >= 15 is 0 Å². The van der Waals surface area contributed by atoms with E-state index in [1.807, 2.05) is 0 Å². The zero-order chi connectivity index (χ0) is 16.7. The van der Waals surface area contributed by atoms with Gasteiger partial charge in [-0.25, -0.2) is 4.99 Å². The molecule has 2 heterocycles. The summed E-state index contributed by atoms with van der Waals surface area (Å²) in [4.78, 5) is 28.1. The van der Waals surface area contributed by atoms with Crippen LogP contribution in [0.2, 0.25) is 0 Å². The number of carbonyl (C=O) groups excluding carboxylic acids is 2. The summed E-state index contributed by atoms with van der Waals surface area (Å²) in [6.45, 7) is 0.484. The molecule has 2 aliphatic rings. The number of hydrogen-bond acceptors (Lipinski definition) is 4. The Labute approximate surface area is 133 Å². The summed E-state index contributed by atoms with van der Waals surface area (Å²) in [7, 11) is 0. The van der Waals surface area contributed by atoms with E-state index < -0.39 is 28.3 Å². The van der Waals surface area contributed by atoms with Gasteiger partial charge in [0.05, 0.1) is 11.3 Å². The molecule has 1 atom stereocenters. The molecule has 23 heavy (non-hydrogen) atoms. The zero-order valence-corrected chi connectivity index (χ0v) is 12.6. The van der Waals surface area contributed by atoms with Crippen molar-refractivity contribution in [1.82, 2.24) is 10.6 Å². The molecule has 2 aliphatic heterocycles. The highest BCUT2D eigenvalue weighted by Gasteiger charge is 2.54. The Morgan fingerprint density at radius 2 is 1.91 bits per heavy atom. The molecule has 0 aliphatic carbocycles. The van der Waals surface area contributed by atoms with E-state index in [9.17, 15) is 22.8 Å². The monoisotopic (exact) mass is 343 g/mol. The number of thioether (sulfide) groups is 1. The number of halogens is 3. The lowest BCUT2D eigenvalue weighted by Crippen LogP contribution is -2.53. The predicted molar refractivity (Wildman–Crippen MR) is 79.2 cm³/mol. The van der Waals surface area contributed by atoms with Gasteiger partial charge in [0.25, 0.3) is 5.91 Å². The van der Waals surface area contributed by atoms with Crippen LogP contribution in [-0.2, 0) is 15.8 Å². The molecular formula is C14H12F3N3O2S. The molecule has 2 fully saturated rings. The number of benzene rings is 1. The molecule has 0 saturated carbocycles. The molecule has 1 aromatic rings. The number of nitrogens with zero attached hydrogens (tertiary/aromatic N) is 1. The van der Waals surface area contributed by atoms with Crippen molar-refractivity contribution < 1.29 is 22.8 Å². The zero-order valence-electron chi connectivity index (χ0n) is 11.7. The smallest absolute Gasteiger partial charge is 0.354 e. The van der Waals surface area contributed by atoms with Crippen LogP contribution in [0.1, 0.15) is 18.4 Å². The molecule has 2 amide bonds. The number of rotatable bonds is 1. The minimum absolute atomic E-state index is 0.00347. The first-order valence-corrected chi connectivity index (χ1v) is 7.68. The lowest BCUT2D eigenvalue weighted by atomic mass is 9.97. The number of carbonyl (C=O) groups is 2. The Morgan fingerprint density at radius 3 is 2.61 bits per heavy atom. The van der Waals surface area contributed by atoms with Gasteiger partial charge in [-0.05, 0) is 25.0 Å². The number of amidine groups is 1. The van der Waals surface area contributed by atoms with Crippen LogP contribution in [0, 0.1) is 0 Å². The van der Waals surface area contributed by atoms with E-state index in [1.165, 1.54) is 18.2 Å². The van der Waals surface area contributed by atoms with Crippen LogP contribution in [0.5, 0.6) is 0 Å². The van der Waals surface area contributed by atoms with Gasteiger partial charge < -0.3 is 10.6 Å². The maximum absolute atomic E-state index is 13.0. The number of aliphatic imine (C=N–C) groups is 1. The molecule has 5 nitrogen and oxygen atoms in total. The number of hydrogen-bond donors (Lipinski definition) is 2. The molecule has 1 aromatic carbocycles. The molecule has 0 bridgehead atoms. The van der Waals surface area contributed by atoms with Gasteiger partial charge >= 0.3 is 6.18 Å². The van der Waals surface area contributed by atoms with E-state index in [1.54, 1.807) is 0 Å². The van der Waals surface area contributed by atoms with Gasteiger partial charge in [0.1, 0.15) is 0 Å². The standard InChI is InChI=1S/C14H12F3N3O2S/c15-14(16,17)8-4-1-2-5-9(8)19-12-20-11(22)13(23-12)6-3-7-18-10(13)21/h1-2,4-5H,3,6-7H2,(H,18,21)(H,19,20,22). The average Bonchev–Trinajstić information content (AvgIpc) is 2.78. The summed E-state index contributed by atoms with van der Waals surface area (Å²) in [5, 5.41) is 5.03. The lowest BCUT2D eigenvalue weighted by molar-refractivity contribution is -0.137. The Kier molecular flexibility index (Phi) is 3.83. The van der Waals surface area contributed by atoms with Gasteiger partial charge in [0, 0.05) is 6.54 Å². The van der Waals surface area contributed by atoms with E-state index in [-0.39, 0.29) is 10.9 Å².